The molecule has 0 radical (unpaired) electrons. The Morgan fingerprint density at radius 1 is 0.927 bits per heavy atom. The number of benzene rings is 2. The van der Waals surface area contributed by atoms with E-state index < -0.39 is 6.04 Å². The maximum Gasteiger partial charge on any atom is 0.254 e. The molecule has 1 heterocycles. The zero-order chi connectivity index (χ0) is 28.9. The molecule has 0 aromatic heterocycles. The van der Waals surface area contributed by atoms with Gasteiger partial charge >= 0.3 is 0 Å². The maximum absolute atomic E-state index is 13.8. The van der Waals surface area contributed by atoms with Gasteiger partial charge in [0.15, 0.2) is 0 Å². The number of ether oxygens (including phenoxy) is 1. The van der Waals surface area contributed by atoms with Crippen molar-refractivity contribution in [2.75, 3.05) is 26.7 Å². The summed E-state index contributed by atoms with van der Waals surface area (Å²) in [6, 6.07) is 14.2. The minimum atomic E-state index is -0.653. The molecular formula is C33H44N4O4. The number of nitrogens with zero attached hydrogens (tertiary/aromatic N) is 2. The first-order valence-corrected chi connectivity index (χ1v) is 15.2. The number of aryl methyl sites for hydroxylation is 1. The normalized spacial score (nSPS) is 24.4. The van der Waals surface area contributed by atoms with Crippen molar-refractivity contribution < 1.29 is 19.1 Å². The first-order chi connectivity index (χ1) is 19.9. The van der Waals surface area contributed by atoms with Crippen LogP contribution in [0.25, 0.3) is 0 Å². The number of nitrogens with two attached hydrogens (primary N) is 1. The summed E-state index contributed by atoms with van der Waals surface area (Å²) in [5.74, 6) is 1.30. The summed E-state index contributed by atoms with van der Waals surface area (Å²) in [5.41, 5.74) is 8.09. The number of carbonyl (C=O) groups is 3. The Hall–Kier alpha value is -3.39. The van der Waals surface area contributed by atoms with E-state index in [1.807, 2.05) is 36.1 Å². The smallest absolute Gasteiger partial charge is 0.254 e. The van der Waals surface area contributed by atoms with Crippen molar-refractivity contribution >= 4 is 17.7 Å². The van der Waals surface area contributed by atoms with Gasteiger partial charge in [0.05, 0.1) is 7.11 Å². The van der Waals surface area contributed by atoms with Crippen LogP contribution in [0, 0.1) is 18.8 Å². The molecule has 220 valence electrons. The highest BCUT2D eigenvalue weighted by Crippen LogP contribution is 2.35. The van der Waals surface area contributed by atoms with Crippen LogP contribution in [0.5, 0.6) is 5.75 Å². The minimum absolute atomic E-state index is 0.0181. The van der Waals surface area contributed by atoms with Gasteiger partial charge in [-0.2, -0.15) is 0 Å². The molecule has 2 aliphatic carbocycles. The third kappa shape index (κ3) is 6.92. The van der Waals surface area contributed by atoms with Gasteiger partial charge in [0.1, 0.15) is 11.8 Å². The van der Waals surface area contributed by atoms with Crippen LogP contribution in [-0.2, 0) is 4.79 Å². The standard InChI is InChI=1S/C33H44N4O4/c1-22-5-3-6-25(17-22)33(40)37(27-13-14-27)28-15-16-36(32(39)26-7-4-8-29(18-26)41-2)30(19-28)31(38)35-21-24-11-9-23(20-34)10-12-24/h3-8,17-18,23-24,27-28,30H,9-16,19-21,34H2,1-2H3,(H,35,38)/t23?,24?,28?,30-/m1/s1. The number of nitrogens with one attached hydrogen (secondary N) is 1. The Labute approximate surface area is 243 Å². The Morgan fingerprint density at radius 2 is 1.63 bits per heavy atom. The molecule has 3 amide bonds. The molecule has 3 fully saturated rings. The van der Waals surface area contributed by atoms with Crippen molar-refractivity contribution in [3.8, 4) is 5.75 Å². The predicted molar refractivity (Wildman–Crippen MR) is 159 cm³/mol. The molecule has 2 aromatic rings. The van der Waals surface area contributed by atoms with Crippen molar-refractivity contribution in [2.45, 2.75) is 76.4 Å². The van der Waals surface area contributed by atoms with Gasteiger partial charge in [0, 0.05) is 36.3 Å². The van der Waals surface area contributed by atoms with E-state index >= 15 is 0 Å². The van der Waals surface area contributed by atoms with Crippen LogP contribution in [0.4, 0.5) is 0 Å². The molecule has 41 heavy (non-hydrogen) atoms. The van der Waals surface area contributed by atoms with Gasteiger partial charge in [-0.25, -0.2) is 0 Å². The molecule has 2 saturated carbocycles. The van der Waals surface area contributed by atoms with Crippen molar-refractivity contribution in [1.29, 1.82) is 0 Å². The first-order valence-electron chi connectivity index (χ1n) is 15.2. The van der Waals surface area contributed by atoms with E-state index in [0.717, 1.165) is 50.6 Å². The Kier molecular flexibility index (Phi) is 9.28. The molecule has 0 bridgehead atoms. The van der Waals surface area contributed by atoms with Gasteiger partial charge < -0.3 is 25.6 Å². The second-order valence-corrected chi connectivity index (χ2v) is 12.1. The van der Waals surface area contributed by atoms with Gasteiger partial charge in [-0.05, 0) is 107 Å². The molecule has 0 spiro atoms. The van der Waals surface area contributed by atoms with Gasteiger partial charge in [-0.15, -0.1) is 0 Å². The SMILES string of the molecule is COc1cccc(C(=O)N2CCC(N(C(=O)c3cccc(C)c3)C3CC3)C[C@@H]2C(=O)NCC2CCC(CN)CC2)c1. The summed E-state index contributed by atoms with van der Waals surface area (Å²) in [7, 11) is 1.57. The lowest BCUT2D eigenvalue weighted by Gasteiger charge is -2.43. The zero-order valence-electron chi connectivity index (χ0n) is 24.4. The molecule has 2 aromatic carbocycles. The third-order valence-corrected chi connectivity index (χ3v) is 9.15. The molecule has 8 nitrogen and oxygen atoms in total. The van der Waals surface area contributed by atoms with Crippen LogP contribution >= 0.6 is 0 Å². The van der Waals surface area contributed by atoms with Crippen LogP contribution in [0.1, 0.15) is 77.6 Å². The third-order valence-electron chi connectivity index (χ3n) is 9.15. The number of methoxy groups -OCH3 is 1. The summed E-state index contributed by atoms with van der Waals surface area (Å²) < 4.78 is 5.34. The monoisotopic (exact) mass is 560 g/mol. The number of carbonyl (C=O) groups excluding carboxylic acids is 3. The summed E-state index contributed by atoms with van der Waals surface area (Å²) >= 11 is 0. The Balaban J connectivity index is 1.35. The lowest BCUT2D eigenvalue weighted by Crippen LogP contribution is -2.58. The fourth-order valence-electron chi connectivity index (χ4n) is 6.56. The molecule has 3 aliphatic rings. The fraction of sp³-hybridized carbons (Fsp3) is 0.545. The number of piperidine rings is 1. The maximum atomic E-state index is 13.8. The Bertz CT molecular complexity index is 1240. The molecule has 5 rings (SSSR count). The van der Waals surface area contributed by atoms with E-state index in [0.29, 0.717) is 54.6 Å². The number of rotatable bonds is 9. The second kappa shape index (κ2) is 13.1. The molecule has 1 saturated heterocycles. The number of likely N-dealkylation sites (tertiary alicyclic amines) is 1. The molecule has 3 N–H and O–H groups in total. The topological polar surface area (TPSA) is 105 Å². The van der Waals surface area contributed by atoms with Crippen molar-refractivity contribution in [1.82, 2.24) is 15.1 Å². The lowest BCUT2D eigenvalue weighted by atomic mass is 9.82. The van der Waals surface area contributed by atoms with Crippen molar-refractivity contribution in [3.05, 3.63) is 65.2 Å². The van der Waals surface area contributed by atoms with Crippen LogP contribution in [0.15, 0.2) is 48.5 Å². The fourth-order valence-corrected chi connectivity index (χ4v) is 6.56. The second-order valence-electron chi connectivity index (χ2n) is 12.1. The van der Waals surface area contributed by atoms with Crippen LogP contribution < -0.4 is 15.8 Å². The van der Waals surface area contributed by atoms with E-state index in [9.17, 15) is 14.4 Å². The quantitative estimate of drug-likeness (QED) is 0.479. The summed E-state index contributed by atoms with van der Waals surface area (Å²) in [6.07, 6.45) is 7.32. The summed E-state index contributed by atoms with van der Waals surface area (Å²) in [4.78, 5) is 45.1. The average molecular weight is 561 g/mol. The average Bonchev–Trinajstić information content (AvgIpc) is 3.85. The highest BCUT2D eigenvalue weighted by Gasteiger charge is 2.44. The van der Waals surface area contributed by atoms with E-state index in [1.54, 1.807) is 36.3 Å². The van der Waals surface area contributed by atoms with Gasteiger partial charge in [-0.3, -0.25) is 14.4 Å². The van der Waals surface area contributed by atoms with E-state index in [-0.39, 0.29) is 29.8 Å². The van der Waals surface area contributed by atoms with Gasteiger partial charge in [-0.1, -0.05) is 23.8 Å². The van der Waals surface area contributed by atoms with Crippen LogP contribution in [0.3, 0.4) is 0 Å². The van der Waals surface area contributed by atoms with E-state index in [4.69, 9.17) is 10.5 Å². The lowest BCUT2D eigenvalue weighted by molar-refractivity contribution is -0.127. The highest BCUT2D eigenvalue weighted by atomic mass is 16.5. The van der Waals surface area contributed by atoms with E-state index in [1.165, 1.54) is 0 Å². The molecule has 1 aliphatic heterocycles. The van der Waals surface area contributed by atoms with Gasteiger partial charge in [0.25, 0.3) is 11.8 Å². The minimum Gasteiger partial charge on any atom is -0.497 e. The van der Waals surface area contributed by atoms with Crippen molar-refractivity contribution in [3.63, 3.8) is 0 Å². The van der Waals surface area contributed by atoms with Gasteiger partial charge in [0.2, 0.25) is 5.91 Å². The number of hydrogen-bond acceptors (Lipinski definition) is 5. The largest absolute Gasteiger partial charge is 0.497 e. The summed E-state index contributed by atoms with van der Waals surface area (Å²) in [6.45, 7) is 3.73. The Morgan fingerprint density at radius 3 is 2.32 bits per heavy atom. The zero-order valence-corrected chi connectivity index (χ0v) is 24.4. The van der Waals surface area contributed by atoms with Crippen LogP contribution in [-0.4, -0.2) is 72.4 Å². The molecule has 2 atom stereocenters. The molecular weight excluding hydrogens is 516 g/mol. The highest BCUT2D eigenvalue weighted by molar-refractivity contribution is 5.98. The van der Waals surface area contributed by atoms with Crippen molar-refractivity contribution in [2.24, 2.45) is 17.6 Å². The first kappa shape index (κ1) is 29.1. The van der Waals surface area contributed by atoms with Crippen LogP contribution in [0.2, 0.25) is 0 Å². The number of hydrogen-bond donors (Lipinski definition) is 2. The predicted octanol–water partition coefficient (Wildman–Crippen LogP) is 4.16. The number of amides is 3. The van der Waals surface area contributed by atoms with E-state index in [2.05, 4.69) is 5.32 Å². The molecule has 1 unspecified atom stereocenters. The summed E-state index contributed by atoms with van der Waals surface area (Å²) in [5, 5.41) is 3.19. The molecule has 8 heteroatoms.